The molecule has 1 N–H and O–H groups in total. The first kappa shape index (κ1) is 24.7. The van der Waals surface area contributed by atoms with Crippen molar-refractivity contribution in [1.29, 1.82) is 0 Å². The Bertz CT molecular complexity index is 1180. The zero-order valence-corrected chi connectivity index (χ0v) is 21.1. The molecular formula is C27H29NO6S. The van der Waals surface area contributed by atoms with Crippen LogP contribution >= 0.6 is 11.3 Å². The normalized spacial score (nSPS) is 21.8. The third kappa shape index (κ3) is 4.62. The zero-order valence-electron chi connectivity index (χ0n) is 20.3. The van der Waals surface area contributed by atoms with Gasteiger partial charge >= 0.3 is 11.9 Å². The first-order valence-corrected chi connectivity index (χ1v) is 12.6. The van der Waals surface area contributed by atoms with Crippen LogP contribution in [0.4, 0.5) is 0 Å². The van der Waals surface area contributed by atoms with Gasteiger partial charge in [-0.15, -0.1) is 0 Å². The van der Waals surface area contributed by atoms with E-state index in [2.05, 4.69) is 5.32 Å². The third-order valence-electron chi connectivity index (χ3n) is 6.48. The summed E-state index contributed by atoms with van der Waals surface area (Å²) in [7, 11) is 1.59. The predicted octanol–water partition coefficient (Wildman–Crippen LogP) is 4.47. The fraction of sp³-hybridized carbons (Fsp3) is 0.370. The number of esters is 2. The summed E-state index contributed by atoms with van der Waals surface area (Å²) in [5, 5.41) is 7.14. The molecule has 0 unspecified atom stereocenters. The van der Waals surface area contributed by atoms with Crippen LogP contribution in [0.15, 0.2) is 63.6 Å². The second-order valence-corrected chi connectivity index (χ2v) is 9.22. The second kappa shape index (κ2) is 10.5. The highest BCUT2D eigenvalue weighted by Crippen LogP contribution is 2.48. The van der Waals surface area contributed by atoms with Crippen LogP contribution in [0.25, 0.3) is 0 Å². The molecule has 0 amide bonds. The van der Waals surface area contributed by atoms with Gasteiger partial charge in [-0.3, -0.25) is 9.59 Å². The Morgan fingerprint density at radius 1 is 1.06 bits per heavy atom. The highest BCUT2D eigenvalue weighted by molar-refractivity contribution is 7.08. The Morgan fingerprint density at radius 3 is 2.37 bits per heavy atom. The first-order chi connectivity index (χ1) is 16.9. The molecule has 4 rings (SSSR count). The van der Waals surface area contributed by atoms with E-state index in [4.69, 9.17) is 14.2 Å². The summed E-state index contributed by atoms with van der Waals surface area (Å²) in [6.07, 6.45) is 0.422. The van der Waals surface area contributed by atoms with E-state index in [-0.39, 0.29) is 19.0 Å². The molecule has 2 aromatic rings. The monoisotopic (exact) mass is 495 g/mol. The number of benzene rings is 1. The molecule has 0 saturated carbocycles. The topological polar surface area (TPSA) is 90.9 Å². The van der Waals surface area contributed by atoms with Crippen LogP contribution in [0, 0.1) is 5.92 Å². The van der Waals surface area contributed by atoms with Crippen molar-refractivity contribution in [2.75, 3.05) is 20.3 Å². The molecule has 0 fully saturated rings. The summed E-state index contributed by atoms with van der Waals surface area (Å²) in [6.45, 7) is 5.68. The average Bonchev–Trinajstić information content (AvgIpc) is 3.38. The van der Waals surface area contributed by atoms with Gasteiger partial charge in [0.1, 0.15) is 11.7 Å². The third-order valence-corrected chi connectivity index (χ3v) is 7.18. The number of rotatable bonds is 7. The highest BCUT2D eigenvalue weighted by Gasteiger charge is 2.49. The van der Waals surface area contributed by atoms with Gasteiger partial charge in [0, 0.05) is 28.8 Å². The van der Waals surface area contributed by atoms with Crippen LogP contribution in [0.3, 0.4) is 0 Å². The minimum Gasteiger partial charge on any atom is -0.497 e. The number of carbonyl (C=O) groups excluding carboxylic acids is 3. The lowest BCUT2D eigenvalue weighted by Gasteiger charge is -2.39. The molecule has 0 saturated heterocycles. The molecule has 0 spiro atoms. The van der Waals surface area contributed by atoms with Gasteiger partial charge in [0.15, 0.2) is 5.78 Å². The number of hydrogen-bond donors (Lipinski definition) is 1. The minimum absolute atomic E-state index is 0.170. The maximum Gasteiger partial charge on any atom is 0.336 e. The minimum atomic E-state index is -1.02. The molecule has 2 heterocycles. The Hall–Kier alpha value is -3.39. The molecule has 1 aliphatic heterocycles. The van der Waals surface area contributed by atoms with Crippen LogP contribution in [-0.2, 0) is 23.9 Å². The van der Waals surface area contributed by atoms with Crippen molar-refractivity contribution < 1.29 is 28.6 Å². The Balaban J connectivity index is 1.85. The van der Waals surface area contributed by atoms with Crippen molar-refractivity contribution in [3.05, 3.63) is 74.8 Å². The van der Waals surface area contributed by atoms with E-state index in [9.17, 15) is 14.4 Å². The number of ketones is 1. The Labute approximate surface area is 208 Å². The number of Topliss-reactive ketones (excluding diaryl/α,β-unsaturated/α-hetero) is 1. The molecule has 8 heteroatoms. The van der Waals surface area contributed by atoms with Gasteiger partial charge in [0.25, 0.3) is 0 Å². The van der Waals surface area contributed by atoms with Gasteiger partial charge in [-0.25, -0.2) is 4.79 Å². The van der Waals surface area contributed by atoms with Crippen LogP contribution in [0.2, 0.25) is 0 Å². The number of carbonyl (C=O) groups is 3. The van der Waals surface area contributed by atoms with Crippen molar-refractivity contribution in [3.63, 3.8) is 0 Å². The summed E-state index contributed by atoms with van der Waals surface area (Å²) in [5.41, 5.74) is 3.86. The lowest BCUT2D eigenvalue weighted by atomic mass is 9.67. The summed E-state index contributed by atoms with van der Waals surface area (Å²) < 4.78 is 16.0. The fourth-order valence-electron chi connectivity index (χ4n) is 4.95. The number of nitrogens with one attached hydrogen (secondary N) is 1. The van der Waals surface area contributed by atoms with Gasteiger partial charge in [0.05, 0.1) is 25.9 Å². The lowest BCUT2D eigenvalue weighted by Crippen LogP contribution is -2.43. The van der Waals surface area contributed by atoms with E-state index in [1.165, 1.54) is 11.3 Å². The number of ether oxygens (including phenoxy) is 3. The van der Waals surface area contributed by atoms with Crippen molar-refractivity contribution >= 4 is 29.1 Å². The highest BCUT2D eigenvalue weighted by atomic mass is 32.1. The van der Waals surface area contributed by atoms with Gasteiger partial charge in [-0.2, -0.15) is 11.3 Å². The van der Waals surface area contributed by atoms with E-state index >= 15 is 0 Å². The SMILES string of the molecule is CCOC(=O)C1=C(C)NC2=C(C(=O)[C@H](C(=O)OCC)[C@H](c3ccc(OC)cc3)C2)[C@H]1c1ccsc1. The standard InChI is InChI=1S/C27H29NO6S/c1-5-33-26(30)21-15(3)28-20-13-19(16-7-9-18(32-4)10-8-16)23(27(31)34-6-2)25(29)24(20)22(21)17-11-12-35-14-17/h7-12,14,19,22-23,28H,5-6,13H2,1-4H3/t19-,22-,23+/m0/s1. The van der Waals surface area contributed by atoms with Crippen molar-refractivity contribution in [2.24, 2.45) is 5.92 Å². The second-order valence-electron chi connectivity index (χ2n) is 8.44. The van der Waals surface area contributed by atoms with Crippen LogP contribution in [0.5, 0.6) is 5.75 Å². The smallest absolute Gasteiger partial charge is 0.336 e. The van der Waals surface area contributed by atoms with Crippen LogP contribution in [-0.4, -0.2) is 38.0 Å². The van der Waals surface area contributed by atoms with E-state index in [0.717, 1.165) is 16.8 Å². The van der Waals surface area contributed by atoms with Gasteiger partial charge < -0.3 is 19.5 Å². The molecular weight excluding hydrogens is 466 g/mol. The van der Waals surface area contributed by atoms with Crippen molar-refractivity contribution in [2.45, 2.75) is 39.0 Å². The molecule has 35 heavy (non-hydrogen) atoms. The van der Waals surface area contributed by atoms with E-state index in [1.54, 1.807) is 21.0 Å². The average molecular weight is 496 g/mol. The summed E-state index contributed by atoms with van der Waals surface area (Å²) in [5.74, 6) is -2.72. The van der Waals surface area contributed by atoms with Crippen LogP contribution < -0.4 is 10.1 Å². The summed E-state index contributed by atoms with van der Waals surface area (Å²) >= 11 is 1.49. The maximum absolute atomic E-state index is 14.1. The number of dihydropyridines is 1. The molecule has 1 aliphatic carbocycles. The van der Waals surface area contributed by atoms with Crippen molar-refractivity contribution in [1.82, 2.24) is 5.32 Å². The predicted molar refractivity (Wildman–Crippen MR) is 132 cm³/mol. The van der Waals surface area contributed by atoms with E-state index in [1.807, 2.05) is 48.0 Å². The Kier molecular flexibility index (Phi) is 7.40. The maximum atomic E-state index is 14.1. The van der Waals surface area contributed by atoms with Gasteiger partial charge in [0.2, 0.25) is 0 Å². The van der Waals surface area contributed by atoms with Crippen LogP contribution in [0.1, 0.15) is 50.2 Å². The van der Waals surface area contributed by atoms with Gasteiger partial charge in [-0.05, 0) is 67.3 Å². The quantitative estimate of drug-likeness (QED) is 0.448. The summed E-state index contributed by atoms with van der Waals surface area (Å²) in [4.78, 5) is 40.3. The molecule has 3 atom stereocenters. The van der Waals surface area contributed by atoms with E-state index < -0.39 is 29.7 Å². The Morgan fingerprint density at radius 2 is 1.77 bits per heavy atom. The first-order valence-electron chi connectivity index (χ1n) is 11.7. The fourth-order valence-corrected chi connectivity index (χ4v) is 5.64. The largest absolute Gasteiger partial charge is 0.497 e. The summed E-state index contributed by atoms with van der Waals surface area (Å²) in [6, 6.07) is 9.29. The number of allylic oxidation sites excluding steroid dienone is 3. The molecule has 2 aliphatic rings. The van der Waals surface area contributed by atoms with E-state index in [0.29, 0.717) is 29.0 Å². The molecule has 1 aromatic carbocycles. The zero-order chi connectivity index (χ0) is 25.1. The molecule has 184 valence electrons. The lowest BCUT2D eigenvalue weighted by molar-refractivity contribution is -0.152. The molecule has 0 bridgehead atoms. The van der Waals surface area contributed by atoms with Gasteiger partial charge in [-0.1, -0.05) is 12.1 Å². The van der Waals surface area contributed by atoms with Crippen molar-refractivity contribution in [3.8, 4) is 5.75 Å². The molecule has 7 nitrogen and oxygen atoms in total. The number of methoxy groups -OCH3 is 1. The molecule has 1 aromatic heterocycles. The number of hydrogen-bond acceptors (Lipinski definition) is 8. The molecule has 0 radical (unpaired) electrons. The number of thiophene rings is 1.